The van der Waals surface area contributed by atoms with E-state index < -0.39 is 0 Å². The number of anilines is 1. The molecule has 4 heterocycles. The predicted octanol–water partition coefficient (Wildman–Crippen LogP) is 2.62. The van der Waals surface area contributed by atoms with Gasteiger partial charge in [0.2, 0.25) is 5.95 Å². The molecule has 8 heteroatoms. The van der Waals surface area contributed by atoms with Gasteiger partial charge in [0.05, 0.1) is 6.67 Å². The summed E-state index contributed by atoms with van der Waals surface area (Å²) in [6.07, 6.45) is 5.74. The Morgan fingerprint density at radius 3 is 3.25 bits per heavy atom. The Labute approximate surface area is 149 Å². The van der Waals surface area contributed by atoms with Gasteiger partial charge in [-0.05, 0) is 30.7 Å². The molecule has 0 bridgehead atoms. The smallest absolute Gasteiger partial charge is 0.249 e. The van der Waals surface area contributed by atoms with Crippen LogP contribution in [0.25, 0.3) is 5.00 Å². The second kappa shape index (κ2) is 5.59. The van der Waals surface area contributed by atoms with Crippen LogP contribution in [0.2, 0.25) is 0 Å². The van der Waals surface area contributed by atoms with E-state index in [4.69, 9.17) is 0 Å². The first-order valence-corrected chi connectivity index (χ1v) is 10.2. The zero-order valence-electron chi connectivity index (χ0n) is 13.6. The molecule has 5 rings (SSSR count). The van der Waals surface area contributed by atoms with E-state index in [2.05, 4.69) is 44.0 Å². The lowest BCUT2D eigenvalue weighted by Gasteiger charge is -2.31. The van der Waals surface area contributed by atoms with Crippen molar-refractivity contribution in [2.75, 3.05) is 17.4 Å². The normalized spacial score (nSPS) is 24.3. The number of hydrogen-bond acceptors (Lipinski definition) is 7. The lowest BCUT2D eigenvalue weighted by atomic mass is 9.87. The Hall–Kier alpha value is -1.35. The van der Waals surface area contributed by atoms with Crippen molar-refractivity contribution in [1.82, 2.24) is 25.5 Å². The van der Waals surface area contributed by atoms with Crippen molar-refractivity contribution in [3.63, 3.8) is 0 Å². The molecule has 1 fully saturated rings. The molecule has 24 heavy (non-hydrogen) atoms. The standard InChI is InChI=1S/C16H20N6S2/c1-3-6-23-16-20-19-15-21(16)14-12(13-17-8-18-22(13)15)10-5-4-9(2)7-11(10)24-14/h3,9,13,17-18H,1,4-8H2,2H3/t9-,13?/m1/s1. The highest BCUT2D eigenvalue weighted by molar-refractivity contribution is 7.99. The molecule has 2 N–H and O–H groups in total. The number of thiophene rings is 1. The van der Waals surface area contributed by atoms with Crippen LogP contribution in [0.15, 0.2) is 17.8 Å². The molecule has 2 aromatic rings. The van der Waals surface area contributed by atoms with E-state index in [-0.39, 0.29) is 6.17 Å². The van der Waals surface area contributed by atoms with Crippen LogP contribution in [-0.2, 0) is 12.8 Å². The molecule has 6 nitrogen and oxygen atoms in total. The molecule has 2 atom stereocenters. The molecule has 1 aliphatic carbocycles. The van der Waals surface area contributed by atoms with Crippen molar-refractivity contribution in [2.24, 2.45) is 5.92 Å². The first-order valence-electron chi connectivity index (χ1n) is 8.38. The molecule has 0 aromatic carbocycles. The molecule has 1 saturated heterocycles. The number of hydrogen-bond donors (Lipinski definition) is 2. The maximum absolute atomic E-state index is 4.46. The summed E-state index contributed by atoms with van der Waals surface area (Å²) in [5.41, 5.74) is 6.39. The lowest BCUT2D eigenvalue weighted by Crippen LogP contribution is -2.39. The topological polar surface area (TPSA) is 58.0 Å². The Morgan fingerprint density at radius 1 is 1.46 bits per heavy atom. The Bertz CT molecular complexity index is 810. The molecule has 0 radical (unpaired) electrons. The first-order chi connectivity index (χ1) is 11.8. The van der Waals surface area contributed by atoms with Crippen LogP contribution >= 0.6 is 23.1 Å². The van der Waals surface area contributed by atoms with E-state index in [1.807, 2.05) is 17.4 Å². The van der Waals surface area contributed by atoms with E-state index in [0.29, 0.717) is 0 Å². The van der Waals surface area contributed by atoms with Gasteiger partial charge in [-0.2, -0.15) is 0 Å². The van der Waals surface area contributed by atoms with Crippen LogP contribution in [0.1, 0.15) is 35.5 Å². The highest BCUT2D eigenvalue weighted by Crippen LogP contribution is 2.48. The van der Waals surface area contributed by atoms with E-state index in [0.717, 1.165) is 29.4 Å². The van der Waals surface area contributed by atoms with Crippen molar-refractivity contribution in [3.05, 3.63) is 28.7 Å². The van der Waals surface area contributed by atoms with E-state index >= 15 is 0 Å². The van der Waals surface area contributed by atoms with Crippen molar-refractivity contribution in [2.45, 2.75) is 37.5 Å². The zero-order valence-corrected chi connectivity index (χ0v) is 15.2. The summed E-state index contributed by atoms with van der Waals surface area (Å²) in [6, 6.07) is 0. The van der Waals surface area contributed by atoms with Crippen molar-refractivity contribution in [1.29, 1.82) is 0 Å². The number of fused-ring (bicyclic) bond motifs is 8. The molecule has 2 aliphatic heterocycles. The first kappa shape index (κ1) is 14.9. The van der Waals surface area contributed by atoms with Crippen molar-refractivity contribution in [3.8, 4) is 5.00 Å². The minimum absolute atomic E-state index is 0.169. The van der Waals surface area contributed by atoms with Gasteiger partial charge >= 0.3 is 0 Å². The maximum atomic E-state index is 4.46. The van der Waals surface area contributed by atoms with Gasteiger partial charge in [0.1, 0.15) is 11.2 Å². The fourth-order valence-electron chi connectivity index (χ4n) is 3.86. The molecule has 2 aromatic heterocycles. The second-order valence-corrected chi connectivity index (χ2v) is 8.67. The average molecular weight is 361 g/mol. The van der Waals surface area contributed by atoms with Crippen LogP contribution in [0.4, 0.5) is 5.95 Å². The number of thioether (sulfide) groups is 1. The van der Waals surface area contributed by atoms with Gasteiger partial charge < -0.3 is 0 Å². The average Bonchev–Trinajstić information content (AvgIpc) is 3.27. The van der Waals surface area contributed by atoms with Gasteiger partial charge in [0.15, 0.2) is 5.16 Å². The number of rotatable bonds is 3. The van der Waals surface area contributed by atoms with Gasteiger partial charge in [-0.15, -0.1) is 28.1 Å². The predicted molar refractivity (Wildman–Crippen MR) is 97.7 cm³/mol. The molecule has 126 valence electrons. The highest BCUT2D eigenvalue weighted by atomic mass is 32.2. The van der Waals surface area contributed by atoms with Crippen LogP contribution in [0.5, 0.6) is 0 Å². The number of nitrogens with zero attached hydrogens (tertiary/aromatic N) is 4. The van der Waals surface area contributed by atoms with Crippen molar-refractivity contribution < 1.29 is 0 Å². The van der Waals surface area contributed by atoms with E-state index in [1.165, 1.54) is 29.8 Å². The van der Waals surface area contributed by atoms with Crippen LogP contribution < -0.4 is 15.8 Å². The van der Waals surface area contributed by atoms with E-state index in [9.17, 15) is 0 Å². The number of aromatic nitrogens is 3. The molecular formula is C16H20N6S2. The zero-order chi connectivity index (χ0) is 16.3. The quantitative estimate of drug-likeness (QED) is 0.648. The molecular weight excluding hydrogens is 340 g/mol. The van der Waals surface area contributed by atoms with Gasteiger partial charge in [0, 0.05) is 16.2 Å². The summed E-state index contributed by atoms with van der Waals surface area (Å²) < 4.78 is 2.23. The van der Waals surface area contributed by atoms with Crippen LogP contribution in [0, 0.1) is 5.92 Å². The van der Waals surface area contributed by atoms with Gasteiger partial charge in [-0.1, -0.05) is 24.8 Å². The summed E-state index contributed by atoms with van der Waals surface area (Å²) in [4.78, 5) is 1.55. The number of nitrogens with one attached hydrogen (secondary N) is 2. The highest BCUT2D eigenvalue weighted by Gasteiger charge is 2.42. The van der Waals surface area contributed by atoms with Crippen LogP contribution in [0.3, 0.4) is 0 Å². The third-order valence-electron chi connectivity index (χ3n) is 4.97. The Kier molecular flexibility index (Phi) is 3.48. The maximum Gasteiger partial charge on any atom is 0.249 e. The third-order valence-corrected chi connectivity index (χ3v) is 7.15. The van der Waals surface area contributed by atoms with Gasteiger partial charge in [-0.25, -0.2) is 9.99 Å². The molecule has 1 unspecified atom stereocenters. The fourth-order valence-corrected chi connectivity index (χ4v) is 6.13. The molecule has 0 saturated carbocycles. The third kappa shape index (κ3) is 2.03. The lowest BCUT2D eigenvalue weighted by molar-refractivity contribution is 0.499. The fraction of sp³-hybridized carbons (Fsp3) is 0.500. The molecule has 0 amide bonds. The van der Waals surface area contributed by atoms with Gasteiger partial charge in [-0.3, -0.25) is 10.3 Å². The Balaban J connectivity index is 1.70. The van der Waals surface area contributed by atoms with Crippen LogP contribution in [-0.4, -0.2) is 27.2 Å². The van der Waals surface area contributed by atoms with Gasteiger partial charge in [0.25, 0.3) is 0 Å². The summed E-state index contributed by atoms with van der Waals surface area (Å²) in [6.45, 7) is 6.94. The molecule has 3 aliphatic rings. The SMILES string of the molecule is C=CCSc1nnc2n1-c1sc3c(c1C1NCNN21)CC[C@@H](C)C3. The summed E-state index contributed by atoms with van der Waals surface area (Å²) in [5.74, 6) is 2.50. The minimum Gasteiger partial charge on any atom is -0.278 e. The number of hydrazine groups is 1. The monoisotopic (exact) mass is 360 g/mol. The summed E-state index contributed by atoms with van der Waals surface area (Å²) in [7, 11) is 0. The van der Waals surface area contributed by atoms with E-state index in [1.54, 1.807) is 22.2 Å². The summed E-state index contributed by atoms with van der Waals surface area (Å²) in [5, 5.41) is 16.9. The second-order valence-electron chi connectivity index (χ2n) is 6.60. The molecule has 0 spiro atoms. The minimum atomic E-state index is 0.169. The Morgan fingerprint density at radius 2 is 2.38 bits per heavy atom. The van der Waals surface area contributed by atoms with Crippen molar-refractivity contribution >= 4 is 29.0 Å². The largest absolute Gasteiger partial charge is 0.278 e. The summed E-state index contributed by atoms with van der Waals surface area (Å²) >= 11 is 3.62.